The Balaban J connectivity index is 1.87. The summed E-state index contributed by atoms with van der Waals surface area (Å²) in [6.45, 7) is 0.318. The van der Waals surface area contributed by atoms with E-state index in [1.807, 2.05) is 6.07 Å². The van der Waals surface area contributed by atoms with Gasteiger partial charge in [0.2, 0.25) is 5.16 Å². The van der Waals surface area contributed by atoms with Crippen molar-refractivity contribution < 1.29 is 22.4 Å². The predicted octanol–water partition coefficient (Wildman–Crippen LogP) is 2.03. The largest absolute Gasteiger partial charge is 0.742 e. The zero-order valence-electron chi connectivity index (χ0n) is 12.9. The number of para-hydroxylation sites is 4. The van der Waals surface area contributed by atoms with Crippen LogP contribution in [0.2, 0.25) is 0 Å². The number of imidazole rings is 1. The molecule has 0 bridgehead atoms. The highest BCUT2D eigenvalue weighted by atomic mass is 32.2. The molecule has 8 heteroatoms. The normalized spacial score (nSPS) is 11.6. The molecule has 126 valence electrons. The van der Waals surface area contributed by atoms with E-state index in [1.165, 1.54) is 11.7 Å². The molecule has 0 aliphatic carbocycles. The first kappa shape index (κ1) is 16.3. The smallest absolute Gasteiger partial charge is 0.215 e. The molecular weight excluding hydrogens is 332 g/mol. The maximum absolute atomic E-state index is 11.5. The SMILES string of the molecule is COc1ccccc1OCCn1c(S(=O)(=O)[O-])nc2ccccc21. The van der Waals surface area contributed by atoms with Crippen LogP contribution in [-0.4, -0.2) is 36.2 Å². The van der Waals surface area contributed by atoms with Gasteiger partial charge in [-0.3, -0.25) is 0 Å². The minimum Gasteiger partial charge on any atom is -0.742 e. The first-order chi connectivity index (χ1) is 11.5. The van der Waals surface area contributed by atoms with Crippen LogP contribution in [0, 0.1) is 0 Å². The standard InChI is InChI=1S/C16H16N2O5S/c1-22-14-8-4-5-9-15(14)23-11-10-18-13-7-3-2-6-12(13)17-16(18)24(19,20)21/h2-9H,10-11H2,1H3,(H,19,20,21)/p-1. The van der Waals surface area contributed by atoms with E-state index in [2.05, 4.69) is 4.98 Å². The van der Waals surface area contributed by atoms with Gasteiger partial charge in [0.25, 0.3) is 0 Å². The van der Waals surface area contributed by atoms with E-state index in [1.54, 1.807) is 42.5 Å². The highest BCUT2D eigenvalue weighted by Crippen LogP contribution is 2.26. The summed E-state index contributed by atoms with van der Waals surface area (Å²) in [5.41, 5.74) is 1.01. The van der Waals surface area contributed by atoms with Gasteiger partial charge in [0.1, 0.15) is 6.61 Å². The van der Waals surface area contributed by atoms with E-state index in [-0.39, 0.29) is 13.2 Å². The molecule has 3 aromatic rings. The highest BCUT2D eigenvalue weighted by Gasteiger charge is 2.15. The van der Waals surface area contributed by atoms with E-state index in [0.717, 1.165) is 0 Å². The number of fused-ring (bicyclic) bond motifs is 1. The third-order valence-corrected chi connectivity index (χ3v) is 4.24. The van der Waals surface area contributed by atoms with Crippen molar-refractivity contribution in [3.8, 4) is 11.5 Å². The van der Waals surface area contributed by atoms with Gasteiger partial charge in [0.05, 0.1) is 24.7 Å². The van der Waals surface area contributed by atoms with Crippen molar-refractivity contribution in [1.29, 1.82) is 0 Å². The summed E-state index contributed by atoms with van der Waals surface area (Å²) in [4.78, 5) is 3.93. The number of rotatable bonds is 6. The molecule has 0 fully saturated rings. The third-order valence-electron chi connectivity index (χ3n) is 3.48. The molecule has 0 unspecified atom stereocenters. The highest BCUT2D eigenvalue weighted by molar-refractivity contribution is 7.85. The molecule has 0 saturated carbocycles. The van der Waals surface area contributed by atoms with Crippen molar-refractivity contribution in [2.45, 2.75) is 11.7 Å². The summed E-state index contributed by atoms with van der Waals surface area (Å²) in [5, 5.41) is -0.507. The van der Waals surface area contributed by atoms with E-state index in [4.69, 9.17) is 9.47 Å². The second kappa shape index (κ2) is 6.50. The zero-order chi connectivity index (χ0) is 17.2. The van der Waals surface area contributed by atoms with Gasteiger partial charge < -0.3 is 18.6 Å². The van der Waals surface area contributed by atoms with Crippen molar-refractivity contribution in [3.05, 3.63) is 48.5 Å². The lowest BCUT2D eigenvalue weighted by Gasteiger charge is -2.13. The average molecular weight is 347 g/mol. The van der Waals surface area contributed by atoms with Crippen molar-refractivity contribution >= 4 is 21.2 Å². The average Bonchev–Trinajstić information content (AvgIpc) is 2.94. The van der Waals surface area contributed by atoms with Crippen LogP contribution in [0.15, 0.2) is 53.7 Å². The summed E-state index contributed by atoms with van der Waals surface area (Å²) in [5.74, 6) is 1.11. The van der Waals surface area contributed by atoms with Gasteiger partial charge in [0.15, 0.2) is 21.6 Å². The minimum atomic E-state index is -4.68. The summed E-state index contributed by atoms with van der Waals surface area (Å²) < 4.78 is 46.6. The number of hydrogen-bond donors (Lipinski definition) is 0. The monoisotopic (exact) mass is 347 g/mol. The van der Waals surface area contributed by atoms with E-state index < -0.39 is 15.3 Å². The minimum absolute atomic E-state index is 0.156. The van der Waals surface area contributed by atoms with Gasteiger partial charge in [-0.25, -0.2) is 13.4 Å². The fourth-order valence-corrected chi connectivity index (χ4v) is 3.11. The van der Waals surface area contributed by atoms with Crippen LogP contribution in [0.4, 0.5) is 0 Å². The molecule has 0 aliphatic heterocycles. The first-order valence-electron chi connectivity index (χ1n) is 7.17. The van der Waals surface area contributed by atoms with E-state index in [9.17, 15) is 13.0 Å². The number of methoxy groups -OCH3 is 1. The van der Waals surface area contributed by atoms with Crippen LogP contribution in [0.5, 0.6) is 11.5 Å². The molecule has 0 amide bonds. The molecule has 0 aliphatic rings. The van der Waals surface area contributed by atoms with Crippen molar-refractivity contribution in [2.24, 2.45) is 0 Å². The fourth-order valence-electron chi connectivity index (χ4n) is 2.45. The van der Waals surface area contributed by atoms with E-state index >= 15 is 0 Å². The topological polar surface area (TPSA) is 93.5 Å². The fraction of sp³-hybridized carbons (Fsp3) is 0.188. The molecule has 0 spiro atoms. The molecule has 7 nitrogen and oxygen atoms in total. The third kappa shape index (κ3) is 3.19. The summed E-state index contributed by atoms with van der Waals surface area (Å²) in [7, 11) is -3.15. The van der Waals surface area contributed by atoms with Crippen LogP contribution >= 0.6 is 0 Å². The first-order valence-corrected chi connectivity index (χ1v) is 8.58. The number of aromatic nitrogens is 2. The molecule has 0 saturated heterocycles. The van der Waals surface area contributed by atoms with Crippen LogP contribution in [0.3, 0.4) is 0 Å². The van der Waals surface area contributed by atoms with Crippen LogP contribution in [0.1, 0.15) is 0 Å². The van der Waals surface area contributed by atoms with Gasteiger partial charge in [-0.2, -0.15) is 0 Å². The van der Waals surface area contributed by atoms with Gasteiger partial charge >= 0.3 is 0 Å². The Morgan fingerprint density at radius 1 is 1.08 bits per heavy atom. The van der Waals surface area contributed by atoms with Crippen molar-refractivity contribution in [2.75, 3.05) is 13.7 Å². The second-order valence-electron chi connectivity index (χ2n) is 4.99. The molecular formula is C16H15N2O5S-. The van der Waals surface area contributed by atoms with Gasteiger partial charge in [-0.05, 0) is 24.3 Å². The Bertz CT molecular complexity index is 966. The molecule has 24 heavy (non-hydrogen) atoms. The van der Waals surface area contributed by atoms with Crippen LogP contribution in [-0.2, 0) is 16.7 Å². The Morgan fingerprint density at radius 2 is 1.75 bits per heavy atom. The lowest BCUT2D eigenvalue weighted by Crippen LogP contribution is -2.14. The number of benzene rings is 2. The summed E-state index contributed by atoms with van der Waals surface area (Å²) >= 11 is 0. The number of ether oxygens (including phenoxy) is 2. The lowest BCUT2D eigenvalue weighted by atomic mass is 10.3. The molecule has 0 N–H and O–H groups in total. The Kier molecular flexibility index (Phi) is 4.41. The Morgan fingerprint density at radius 3 is 2.46 bits per heavy atom. The molecule has 0 atom stereocenters. The molecule has 1 heterocycles. The molecule has 1 aromatic heterocycles. The Hall–Kier alpha value is -2.58. The summed E-state index contributed by atoms with van der Waals surface area (Å²) in [6.07, 6.45) is 0. The number of hydrogen-bond acceptors (Lipinski definition) is 6. The molecule has 3 rings (SSSR count). The van der Waals surface area contributed by atoms with Crippen LogP contribution < -0.4 is 9.47 Å². The van der Waals surface area contributed by atoms with Gasteiger partial charge in [0, 0.05) is 0 Å². The van der Waals surface area contributed by atoms with Crippen molar-refractivity contribution in [3.63, 3.8) is 0 Å². The van der Waals surface area contributed by atoms with Crippen molar-refractivity contribution in [1.82, 2.24) is 9.55 Å². The lowest BCUT2D eigenvalue weighted by molar-refractivity contribution is 0.276. The van der Waals surface area contributed by atoms with Crippen LogP contribution in [0.25, 0.3) is 11.0 Å². The molecule has 2 aromatic carbocycles. The maximum atomic E-state index is 11.5. The van der Waals surface area contributed by atoms with Gasteiger partial charge in [-0.15, -0.1) is 0 Å². The molecule has 0 radical (unpaired) electrons. The zero-order valence-corrected chi connectivity index (χ0v) is 13.7. The second-order valence-corrected chi connectivity index (χ2v) is 6.26. The Labute approximate surface area is 139 Å². The summed E-state index contributed by atoms with van der Waals surface area (Å²) in [6, 6.07) is 14.0. The predicted molar refractivity (Wildman–Crippen MR) is 86.2 cm³/mol. The maximum Gasteiger partial charge on any atom is 0.215 e. The van der Waals surface area contributed by atoms with E-state index in [0.29, 0.717) is 22.5 Å². The van der Waals surface area contributed by atoms with Gasteiger partial charge in [-0.1, -0.05) is 24.3 Å². The quantitative estimate of drug-likeness (QED) is 0.633. The number of nitrogens with zero attached hydrogens (tertiary/aromatic N) is 2.